The van der Waals surface area contributed by atoms with Crippen molar-refractivity contribution in [3.63, 3.8) is 0 Å². The number of nitrogens with zero attached hydrogens (tertiary/aromatic N) is 1. The SMILES string of the molecule is CC1CCCC(C)C1NC1CCN2CCCCC12. The fourth-order valence-electron chi connectivity index (χ4n) is 4.70. The third-order valence-corrected chi connectivity index (χ3v) is 5.81. The maximum Gasteiger partial charge on any atom is 0.0249 e. The van der Waals surface area contributed by atoms with Crippen LogP contribution in [-0.4, -0.2) is 36.1 Å². The standard InChI is InChI=1S/C16H30N2/c1-12-6-5-7-13(2)16(12)17-14-9-11-18-10-4-3-8-15(14)18/h12-17H,3-11H2,1-2H3. The van der Waals surface area contributed by atoms with Gasteiger partial charge in [-0.15, -0.1) is 0 Å². The molecule has 4 atom stereocenters. The molecule has 0 amide bonds. The van der Waals surface area contributed by atoms with E-state index in [-0.39, 0.29) is 0 Å². The van der Waals surface area contributed by atoms with Crippen molar-refractivity contribution in [3.8, 4) is 0 Å². The van der Waals surface area contributed by atoms with Crippen molar-refractivity contribution in [2.45, 2.75) is 76.9 Å². The highest BCUT2D eigenvalue weighted by Crippen LogP contribution is 2.32. The normalized spacial score (nSPS) is 46.0. The molecule has 1 N–H and O–H groups in total. The molecule has 0 aromatic carbocycles. The molecule has 2 saturated heterocycles. The third kappa shape index (κ3) is 2.46. The Hall–Kier alpha value is -0.0800. The number of piperidine rings is 1. The van der Waals surface area contributed by atoms with E-state index in [1.165, 1.54) is 58.0 Å². The Balaban J connectivity index is 1.61. The van der Waals surface area contributed by atoms with Gasteiger partial charge in [0.2, 0.25) is 0 Å². The van der Waals surface area contributed by atoms with Crippen LogP contribution >= 0.6 is 0 Å². The summed E-state index contributed by atoms with van der Waals surface area (Å²) in [7, 11) is 0. The zero-order valence-corrected chi connectivity index (χ0v) is 12.2. The fourth-order valence-corrected chi connectivity index (χ4v) is 4.70. The van der Waals surface area contributed by atoms with Crippen molar-refractivity contribution < 1.29 is 0 Å². The minimum absolute atomic E-state index is 0.783. The van der Waals surface area contributed by atoms with Gasteiger partial charge in [0, 0.05) is 24.7 Å². The average molecular weight is 250 g/mol. The summed E-state index contributed by atoms with van der Waals surface area (Å²) in [5.41, 5.74) is 0. The van der Waals surface area contributed by atoms with Crippen molar-refractivity contribution in [2.24, 2.45) is 11.8 Å². The van der Waals surface area contributed by atoms with Gasteiger partial charge in [-0.2, -0.15) is 0 Å². The molecule has 0 bridgehead atoms. The molecular weight excluding hydrogens is 220 g/mol. The van der Waals surface area contributed by atoms with Crippen LogP contribution in [0, 0.1) is 11.8 Å². The molecule has 1 saturated carbocycles. The monoisotopic (exact) mass is 250 g/mol. The molecule has 3 fully saturated rings. The summed E-state index contributed by atoms with van der Waals surface area (Å²) >= 11 is 0. The van der Waals surface area contributed by atoms with E-state index in [1.54, 1.807) is 0 Å². The highest BCUT2D eigenvalue weighted by molar-refractivity contribution is 4.97. The second kappa shape index (κ2) is 5.50. The topological polar surface area (TPSA) is 15.3 Å². The minimum atomic E-state index is 0.783. The molecular formula is C16H30N2. The highest BCUT2D eigenvalue weighted by atomic mass is 15.2. The van der Waals surface area contributed by atoms with Gasteiger partial charge in [0.25, 0.3) is 0 Å². The van der Waals surface area contributed by atoms with Crippen LogP contribution in [0.15, 0.2) is 0 Å². The van der Waals surface area contributed by atoms with E-state index in [4.69, 9.17) is 0 Å². The molecule has 2 heterocycles. The van der Waals surface area contributed by atoms with Crippen LogP contribution in [0.3, 0.4) is 0 Å². The van der Waals surface area contributed by atoms with E-state index in [0.717, 1.165) is 30.0 Å². The average Bonchev–Trinajstić information content (AvgIpc) is 2.77. The molecule has 1 aliphatic carbocycles. The van der Waals surface area contributed by atoms with Crippen LogP contribution in [0.1, 0.15) is 58.8 Å². The number of hydrogen-bond acceptors (Lipinski definition) is 2. The lowest BCUT2D eigenvalue weighted by Crippen LogP contribution is -2.52. The molecule has 18 heavy (non-hydrogen) atoms. The minimum Gasteiger partial charge on any atom is -0.309 e. The number of hydrogen-bond donors (Lipinski definition) is 1. The summed E-state index contributed by atoms with van der Waals surface area (Å²) in [6, 6.07) is 2.43. The van der Waals surface area contributed by atoms with E-state index in [2.05, 4.69) is 24.1 Å². The first-order valence-corrected chi connectivity index (χ1v) is 8.26. The van der Waals surface area contributed by atoms with E-state index in [9.17, 15) is 0 Å². The first kappa shape index (κ1) is 12.9. The Morgan fingerprint density at radius 1 is 0.833 bits per heavy atom. The lowest BCUT2D eigenvalue weighted by molar-refractivity contribution is 0.147. The maximum absolute atomic E-state index is 4.07. The molecule has 0 spiro atoms. The first-order valence-electron chi connectivity index (χ1n) is 8.26. The van der Waals surface area contributed by atoms with Gasteiger partial charge in [-0.1, -0.05) is 26.7 Å². The van der Waals surface area contributed by atoms with Crippen LogP contribution in [0.4, 0.5) is 0 Å². The Bertz CT molecular complexity index is 268. The maximum atomic E-state index is 4.07. The molecule has 2 aliphatic heterocycles. The second-order valence-corrected chi connectivity index (χ2v) is 7.07. The number of fused-ring (bicyclic) bond motifs is 1. The van der Waals surface area contributed by atoms with Crippen LogP contribution in [-0.2, 0) is 0 Å². The van der Waals surface area contributed by atoms with E-state index in [1.807, 2.05) is 0 Å². The molecule has 104 valence electrons. The van der Waals surface area contributed by atoms with E-state index in [0.29, 0.717) is 0 Å². The van der Waals surface area contributed by atoms with Gasteiger partial charge < -0.3 is 5.32 Å². The van der Waals surface area contributed by atoms with Crippen molar-refractivity contribution in [3.05, 3.63) is 0 Å². The smallest absolute Gasteiger partial charge is 0.0249 e. The van der Waals surface area contributed by atoms with E-state index >= 15 is 0 Å². The van der Waals surface area contributed by atoms with Gasteiger partial charge in [-0.05, 0) is 50.5 Å². The quantitative estimate of drug-likeness (QED) is 0.810. The second-order valence-electron chi connectivity index (χ2n) is 7.07. The molecule has 0 aromatic rings. The highest BCUT2D eigenvalue weighted by Gasteiger charge is 2.38. The fraction of sp³-hybridized carbons (Fsp3) is 1.00. The van der Waals surface area contributed by atoms with Crippen molar-refractivity contribution in [1.82, 2.24) is 10.2 Å². The lowest BCUT2D eigenvalue weighted by Gasteiger charge is -2.40. The summed E-state index contributed by atoms with van der Waals surface area (Å²) in [6.07, 6.45) is 10.0. The Labute approximate surface area is 113 Å². The van der Waals surface area contributed by atoms with Crippen LogP contribution < -0.4 is 5.32 Å². The van der Waals surface area contributed by atoms with E-state index < -0.39 is 0 Å². The van der Waals surface area contributed by atoms with Gasteiger partial charge in [-0.3, -0.25) is 4.90 Å². The summed E-state index contributed by atoms with van der Waals surface area (Å²) in [5, 5.41) is 4.07. The molecule has 3 aliphatic rings. The first-order chi connectivity index (χ1) is 8.75. The molecule has 3 rings (SSSR count). The predicted octanol–water partition coefficient (Wildman–Crippen LogP) is 3.03. The Morgan fingerprint density at radius 3 is 2.39 bits per heavy atom. The van der Waals surface area contributed by atoms with Gasteiger partial charge in [0.1, 0.15) is 0 Å². The molecule has 2 nitrogen and oxygen atoms in total. The summed E-state index contributed by atoms with van der Waals surface area (Å²) in [4.78, 5) is 2.75. The van der Waals surface area contributed by atoms with Gasteiger partial charge in [0.05, 0.1) is 0 Å². The largest absolute Gasteiger partial charge is 0.309 e. The van der Waals surface area contributed by atoms with Crippen LogP contribution in [0.2, 0.25) is 0 Å². The molecule has 4 unspecified atom stereocenters. The third-order valence-electron chi connectivity index (χ3n) is 5.81. The van der Waals surface area contributed by atoms with Crippen molar-refractivity contribution >= 4 is 0 Å². The summed E-state index contributed by atoms with van der Waals surface area (Å²) < 4.78 is 0. The van der Waals surface area contributed by atoms with Crippen molar-refractivity contribution in [1.29, 1.82) is 0 Å². The summed E-state index contributed by atoms with van der Waals surface area (Å²) in [6.45, 7) is 7.62. The summed E-state index contributed by atoms with van der Waals surface area (Å²) in [5.74, 6) is 1.76. The molecule has 2 heteroatoms. The predicted molar refractivity (Wildman–Crippen MR) is 76.7 cm³/mol. The molecule has 0 aromatic heterocycles. The Kier molecular flexibility index (Phi) is 3.95. The lowest BCUT2D eigenvalue weighted by atomic mass is 9.78. The van der Waals surface area contributed by atoms with Gasteiger partial charge in [-0.25, -0.2) is 0 Å². The van der Waals surface area contributed by atoms with Crippen LogP contribution in [0.5, 0.6) is 0 Å². The molecule has 0 radical (unpaired) electrons. The van der Waals surface area contributed by atoms with Gasteiger partial charge in [0.15, 0.2) is 0 Å². The number of nitrogens with one attached hydrogen (secondary N) is 1. The van der Waals surface area contributed by atoms with Gasteiger partial charge >= 0.3 is 0 Å². The van der Waals surface area contributed by atoms with Crippen LogP contribution in [0.25, 0.3) is 0 Å². The zero-order chi connectivity index (χ0) is 12.5. The number of rotatable bonds is 2. The Morgan fingerprint density at radius 2 is 1.61 bits per heavy atom. The zero-order valence-electron chi connectivity index (χ0n) is 12.2. The van der Waals surface area contributed by atoms with Crippen molar-refractivity contribution in [2.75, 3.05) is 13.1 Å².